The third-order valence-corrected chi connectivity index (χ3v) is 4.66. The number of oxazole rings is 1. The number of benzene rings is 2. The van der Waals surface area contributed by atoms with Crippen LogP contribution in [0.1, 0.15) is 26.7 Å². The van der Waals surface area contributed by atoms with E-state index in [1.807, 2.05) is 6.92 Å². The van der Waals surface area contributed by atoms with Crippen LogP contribution in [0, 0.1) is 11.7 Å². The summed E-state index contributed by atoms with van der Waals surface area (Å²) in [4.78, 5) is 15.4. The molecule has 0 aliphatic heterocycles. The molecule has 1 N–H and O–H groups in total. The van der Waals surface area contributed by atoms with Crippen LogP contribution in [0.25, 0.3) is 22.6 Å². The van der Waals surface area contributed by atoms with E-state index in [9.17, 15) is 9.18 Å². The van der Waals surface area contributed by atoms with Crippen molar-refractivity contribution < 1.29 is 23.1 Å². The zero-order chi connectivity index (χ0) is 20.4. The molecule has 1 fully saturated rings. The molecule has 0 unspecified atom stereocenters. The van der Waals surface area contributed by atoms with Crippen molar-refractivity contribution >= 4 is 17.0 Å². The molecular formula is C22H23FN2O4. The van der Waals surface area contributed by atoms with Gasteiger partial charge in [-0.25, -0.2) is 9.37 Å². The van der Waals surface area contributed by atoms with Gasteiger partial charge in [-0.1, -0.05) is 0 Å². The van der Waals surface area contributed by atoms with E-state index in [1.165, 1.54) is 25.8 Å². The van der Waals surface area contributed by atoms with Crippen molar-refractivity contribution in [3.8, 4) is 23.0 Å². The van der Waals surface area contributed by atoms with Crippen LogP contribution < -0.4 is 14.8 Å². The smallest absolute Gasteiger partial charge is 0.230 e. The van der Waals surface area contributed by atoms with Gasteiger partial charge < -0.3 is 19.2 Å². The van der Waals surface area contributed by atoms with Crippen LogP contribution in [-0.2, 0) is 4.79 Å². The SMILES string of the molecule is CC(=O)N[C@@H](C)COc1ccc2nc(-c3ccc(OCC4CC4)cc3F)oc2c1. The second-order valence-electron chi connectivity index (χ2n) is 7.46. The molecule has 1 heterocycles. The van der Waals surface area contributed by atoms with E-state index in [1.54, 1.807) is 30.3 Å². The zero-order valence-corrected chi connectivity index (χ0v) is 16.4. The van der Waals surface area contributed by atoms with Gasteiger partial charge in [0.2, 0.25) is 11.8 Å². The number of aromatic nitrogens is 1. The highest BCUT2D eigenvalue weighted by Gasteiger charge is 2.22. The Hall–Kier alpha value is -3.09. The molecule has 6 nitrogen and oxygen atoms in total. The Morgan fingerprint density at radius 2 is 2.00 bits per heavy atom. The second-order valence-corrected chi connectivity index (χ2v) is 7.46. The maximum Gasteiger partial charge on any atom is 0.230 e. The molecule has 1 aromatic heterocycles. The number of hydrogen-bond acceptors (Lipinski definition) is 5. The lowest BCUT2D eigenvalue weighted by molar-refractivity contribution is -0.119. The third-order valence-electron chi connectivity index (χ3n) is 4.66. The van der Waals surface area contributed by atoms with Gasteiger partial charge in [0.25, 0.3) is 0 Å². The molecule has 0 radical (unpaired) electrons. The summed E-state index contributed by atoms with van der Waals surface area (Å²) in [6.07, 6.45) is 2.36. The Balaban J connectivity index is 1.47. The number of nitrogens with zero attached hydrogens (tertiary/aromatic N) is 1. The summed E-state index contributed by atoms with van der Waals surface area (Å²) < 4.78 is 31.6. The summed E-state index contributed by atoms with van der Waals surface area (Å²) in [7, 11) is 0. The molecule has 29 heavy (non-hydrogen) atoms. The molecule has 3 aromatic rings. The number of amides is 1. The Morgan fingerprint density at radius 3 is 2.72 bits per heavy atom. The van der Waals surface area contributed by atoms with Crippen molar-refractivity contribution in [2.45, 2.75) is 32.7 Å². The molecule has 4 rings (SSSR count). The van der Waals surface area contributed by atoms with Crippen LogP contribution in [0.15, 0.2) is 40.8 Å². The van der Waals surface area contributed by atoms with Crippen molar-refractivity contribution in [2.75, 3.05) is 13.2 Å². The van der Waals surface area contributed by atoms with Crippen LogP contribution in [0.2, 0.25) is 0 Å². The van der Waals surface area contributed by atoms with E-state index < -0.39 is 5.82 Å². The van der Waals surface area contributed by atoms with Crippen molar-refractivity contribution in [1.82, 2.24) is 10.3 Å². The third kappa shape index (κ3) is 4.85. The van der Waals surface area contributed by atoms with Crippen molar-refractivity contribution in [3.63, 3.8) is 0 Å². The Labute approximate surface area is 168 Å². The topological polar surface area (TPSA) is 73.6 Å². The van der Waals surface area contributed by atoms with Crippen LogP contribution in [0.5, 0.6) is 11.5 Å². The van der Waals surface area contributed by atoms with Gasteiger partial charge in [-0.3, -0.25) is 4.79 Å². The largest absolute Gasteiger partial charge is 0.493 e. The fourth-order valence-electron chi connectivity index (χ4n) is 2.98. The number of rotatable bonds is 8. The summed E-state index contributed by atoms with van der Waals surface area (Å²) >= 11 is 0. The molecular weight excluding hydrogens is 375 g/mol. The molecule has 1 amide bonds. The number of carbonyl (C=O) groups is 1. The number of hydrogen-bond donors (Lipinski definition) is 1. The second kappa shape index (κ2) is 8.11. The Morgan fingerprint density at radius 1 is 1.24 bits per heavy atom. The first-order valence-corrected chi connectivity index (χ1v) is 9.71. The van der Waals surface area contributed by atoms with Crippen molar-refractivity contribution in [2.24, 2.45) is 5.92 Å². The summed E-state index contributed by atoms with van der Waals surface area (Å²) in [5, 5.41) is 2.75. The van der Waals surface area contributed by atoms with E-state index in [0.29, 0.717) is 41.7 Å². The molecule has 2 aromatic carbocycles. The van der Waals surface area contributed by atoms with Crippen LogP contribution in [0.4, 0.5) is 4.39 Å². The first-order valence-electron chi connectivity index (χ1n) is 9.71. The van der Waals surface area contributed by atoms with Crippen LogP contribution in [-0.4, -0.2) is 30.1 Å². The molecule has 1 saturated carbocycles. The molecule has 0 saturated heterocycles. The molecule has 1 atom stereocenters. The predicted molar refractivity (Wildman–Crippen MR) is 106 cm³/mol. The number of carbonyl (C=O) groups excluding carboxylic acids is 1. The molecule has 1 aliphatic rings. The van der Waals surface area contributed by atoms with Crippen LogP contribution >= 0.6 is 0 Å². The Kier molecular flexibility index (Phi) is 5.38. The van der Waals surface area contributed by atoms with Gasteiger partial charge >= 0.3 is 0 Å². The highest BCUT2D eigenvalue weighted by molar-refractivity contribution is 5.78. The average Bonchev–Trinajstić information content (AvgIpc) is 3.41. The lowest BCUT2D eigenvalue weighted by Gasteiger charge is -2.13. The molecule has 7 heteroatoms. The lowest BCUT2D eigenvalue weighted by atomic mass is 10.2. The van der Waals surface area contributed by atoms with Crippen LogP contribution in [0.3, 0.4) is 0 Å². The van der Waals surface area contributed by atoms with E-state index in [2.05, 4.69) is 10.3 Å². The van der Waals surface area contributed by atoms with Gasteiger partial charge in [0.05, 0.1) is 18.2 Å². The van der Waals surface area contributed by atoms with Gasteiger partial charge in [-0.15, -0.1) is 0 Å². The maximum absolute atomic E-state index is 14.6. The number of ether oxygens (including phenoxy) is 2. The lowest BCUT2D eigenvalue weighted by Crippen LogP contribution is -2.35. The molecule has 0 bridgehead atoms. The fourth-order valence-corrected chi connectivity index (χ4v) is 2.98. The number of fused-ring (bicyclic) bond motifs is 1. The zero-order valence-electron chi connectivity index (χ0n) is 16.4. The van der Waals surface area contributed by atoms with E-state index >= 15 is 0 Å². The van der Waals surface area contributed by atoms with Crippen molar-refractivity contribution in [3.05, 3.63) is 42.2 Å². The minimum atomic E-state index is -0.439. The minimum Gasteiger partial charge on any atom is -0.493 e. The number of halogens is 1. The minimum absolute atomic E-state index is 0.109. The highest BCUT2D eigenvalue weighted by atomic mass is 19.1. The predicted octanol–water partition coefficient (Wildman–Crippen LogP) is 4.33. The summed E-state index contributed by atoms with van der Waals surface area (Å²) in [5.74, 6) is 1.36. The molecule has 0 spiro atoms. The normalized spacial score (nSPS) is 14.6. The van der Waals surface area contributed by atoms with E-state index in [4.69, 9.17) is 13.9 Å². The van der Waals surface area contributed by atoms with Gasteiger partial charge in [-0.05, 0) is 49.9 Å². The van der Waals surface area contributed by atoms with Gasteiger partial charge in [0, 0.05) is 19.1 Å². The first kappa shape index (κ1) is 19.2. The van der Waals surface area contributed by atoms with Gasteiger partial charge in [-0.2, -0.15) is 0 Å². The van der Waals surface area contributed by atoms with Gasteiger partial charge in [0.15, 0.2) is 5.58 Å². The van der Waals surface area contributed by atoms with E-state index in [0.717, 1.165) is 0 Å². The number of nitrogens with one attached hydrogen (secondary N) is 1. The van der Waals surface area contributed by atoms with Crippen molar-refractivity contribution in [1.29, 1.82) is 0 Å². The summed E-state index contributed by atoms with van der Waals surface area (Å²) in [5.41, 5.74) is 1.38. The monoisotopic (exact) mass is 398 g/mol. The highest BCUT2D eigenvalue weighted by Crippen LogP contribution is 2.32. The Bertz CT molecular complexity index is 1030. The quantitative estimate of drug-likeness (QED) is 0.612. The van der Waals surface area contributed by atoms with Gasteiger partial charge in [0.1, 0.15) is 29.4 Å². The summed E-state index contributed by atoms with van der Waals surface area (Å²) in [6.45, 7) is 4.27. The molecule has 152 valence electrons. The molecule has 1 aliphatic carbocycles. The average molecular weight is 398 g/mol. The first-order chi connectivity index (χ1) is 14.0. The standard InChI is InChI=1S/C22H23FN2O4/c1-13(24-14(2)26)11-27-17-6-8-20-21(10-17)29-22(25-20)18-7-5-16(9-19(18)23)28-12-15-3-4-15/h5-10,13,15H,3-4,11-12H2,1-2H3,(H,24,26)/t13-/m0/s1. The maximum atomic E-state index is 14.6. The summed E-state index contributed by atoms with van der Waals surface area (Å²) in [6, 6.07) is 9.82. The fraction of sp³-hybridized carbons (Fsp3) is 0.364. The van der Waals surface area contributed by atoms with E-state index in [-0.39, 0.29) is 23.4 Å².